The van der Waals surface area contributed by atoms with Gasteiger partial charge < -0.3 is 5.11 Å². The van der Waals surface area contributed by atoms with E-state index >= 15 is 0 Å². The number of sulfone groups is 1. The molecule has 0 aromatic heterocycles. The Kier molecular flexibility index (Phi) is 4.34. The molecule has 0 radical (unpaired) electrons. The largest absolute Gasteiger partial charge is 0.390 e. The molecule has 0 spiro atoms. The maximum absolute atomic E-state index is 11.6. The number of nitrogens with zero attached hydrogens (tertiary/aromatic N) is 1. The molecule has 3 atom stereocenters. The van der Waals surface area contributed by atoms with Crippen LogP contribution in [0.5, 0.6) is 0 Å². The summed E-state index contributed by atoms with van der Waals surface area (Å²) in [7, 11) is -3.03. The SMILES string of the molecule is CC(C)C1CCCN(C2CS(=O)(=O)CC2O)CC1. The molecule has 0 amide bonds. The van der Waals surface area contributed by atoms with Crippen LogP contribution in [0.25, 0.3) is 0 Å². The van der Waals surface area contributed by atoms with Crippen LogP contribution in [-0.4, -0.2) is 55.2 Å². The van der Waals surface area contributed by atoms with Crippen molar-refractivity contribution in [3.63, 3.8) is 0 Å². The summed E-state index contributed by atoms with van der Waals surface area (Å²) in [5.41, 5.74) is 0. The van der Waals surface area contributed by atoms with E-state index in [1.165, 1.54) is 6.42 Å². The highest BCUT2D eigenvalue weighted by Crippen LogP contribution is 2.27. The Morgan fingerprint density at radius 1 is 1.17 bits per heavy atom. The summed E-state index contributed by atoms with van der Waals surface area (Å²) in [5, 5.41) is 9.92. The Balaban J connectivity index is 1.98. The minimum absolute atomic E-state index is 0.0538. The number of hydrogen-bond donors (Lipinski definition) is 1. The number of aliphatic hydroxyl groups excluding tert-OH is 1. The maximum Gasteiger partial charge on any atom is 0.154 e. The van der Waals surface area contributed by atoms with Crippen molar-refractivity contribution in [2.45, 2.75) is 45.3 Å². The molecule has 0 aromatic rings. The van der Waals surface area contributed by atoms with Crippen molar-refractivity contribution < 1.29 is 13.5 Å². The Labute approximate surface area is 110 Å². The molecule has 106 valence electrons. The molecule has 2 fully saturated rings. The third-order valence-corrected chi connectivity index (χ3v) is 6.21. The summed E-state index contributed by atoms with van der Waals surface area (Å²) in [6.07, 6.45) is 2.78. The second-order valence-electron chi connectivity index (χ2n) is 6.18. The second kappa shape index (κ2) is 5.47. The van der Waals surface area contributed by atoms with Gasteiger partial charge in [-0.1, -0.05) is 13.8 Å². The number of hydrogen-bond acceptors (Lipinski definition) is 4. The average molecular weight is 275 g/mol. The van der Waals surface area contributed by atoms with E-state index < -0.39 is 15.9 Å². The molecule has 2 rings (SSSR count). The van der Waals surface area contributed by atoms with Gasteiger partial charge in [0.15, 0.2) is 9.84 Å². The zero-order chi connectivity index (χ0) is 13.3. The molecule has 0 aromatic carbocycles. The predicted molar refractivity (Wildman–Crippen MR) is 72.2 cm³/mol. The van der Waals surface area contributed by atoms with E-state index in [1.54, 1.807) is 0 Å². The van der Waals surface area contributed by atoms with E-state index in [-0.39, 0.29) is 17.5 Å². The lowest BCUT2D eigenvalue weighted by Crippen LogP contribution is -2.43. The minimum Gasteiger partial charge on any atom is -0.390 e. The van der Waals surface area contributed by atoms with Gasteiger partial charge in [0.25, 0.3) is 0 Å². The molecule has 0 saturated carbocycles. The van der Waals surface area contributed by atoms with Crippen molar-refractivity contribution in [1.29, 1.82) is 0 Å². The van der Waals surface area contributed by atoms with Crippen LogP contribution in [0, 0.1) is 11.8 Å². The third kappa shape index (κ3) is 3.25. The van der Waals surface area contributed by atoms with Gasteiger partial charge in [-0.3, -0.25) is 4.90 Å². The van der Waals surface area contributed by atoms with Crippen LogP contribution in [0.2, 0.25) is 0 Å². The molecule has 4 nitrogen and oxygen atoms in total. The van der Waals surface area contributed by atoms with E-state index in [1.807, 2.05) is 0 Å². The van der Waals surface area contributed by atoms with Crippen LogP contribution in [-0.2, 0) is 9.84 Å². The molecule has 3 unspecified atom stereocenters. The van der Waals surface area contributed by atoms with Crippen LogP contribution < -0.4 is 0 Å². The molecule has 0 aliphatic carbocycles. The van der Waals surface area contributed by atoms with E-state index in [9.17, 15) is 13.5 Å². The monoisotopic (exact) mass is 275 g/mol. The topological polar surface area (TPSA) is 57.6 Å². The standard InChI is InChI=1S/C13H25NO3S/c1-10(2)11-4-3-6-14(7-5-11)12-8-18(16,17)9-13(12)15/h10-13,15H,3-9H2,1-2H3. The van der Waals surface area contributed by atoms with E-state index in [0.717, 1.165) is 31.8 Å². The maximum atomic E-state index is 11.6. The molecule has 2 saturated heterocycles. The van der Waals surface area contributed by atoms with Gasteiger partial charge in [-0.25, -0.2) is 8.42 Å². The van der Waals surface area contributed by atoms with Gasteiger partial charge in [0, 0.05) is 0 Å². The van der Waals surface area contributed by atoms with Crippen molar-refractivity contribution in [3.8, 4) is 0 Å². The summed E-state index contributed by atoms with van der Waals surface area (Å²) >= 11 is 0. The highest BCUT2D eigenvalue weighted by Gasteiger charge is 2.40. The van der Waals surface area contributed by atoms with Crippen LogP contribution in [0.4, 0.5) is 0 Å². The molecule has 2 aliphatic rings. The minimum atomic E-state index is -3.03. The molecule has 2 heterocycles. The lowest BCUT2D eigenvalue weighted by Gasteiger charge is -2.28. The van der Waals surface area contributed by atoms with Gasteiger partial charge in [-0.15, -0.1) is 0 Å². The van der Waals surface area contributed by atoms with E-state index in [0.29, 0.717) is 5.92 Å². The Morgan fingerprint density at radius 3 is 2.44 bits per heavy atom. The molecule has 18 heavy (non-hydrogen) atoms. The summed E-state index contributed by atoms with van der Waals surface area (Å²) in [6, 6.07) is -0.166. The Bertz CT molecular complexity index is 380. The molecule has 5 heteroatoms. The fraction of sp³-hybridized carbons (Fsp3) is 1.00. The summed E-state index contributed by atoms with van der Waals surface area (Å²) in [5.74, 6) is 1.52. The average Bonchev–Trinajstić information content (AvgIpc) is 2.48. The van der Waals surface area contributed by atoms with Crippen LogP contribution in [0.15, 0.2) is 0 Å². The quantitative estimate of drug-likeness (QED) is 0.813. The highest BCUT2D eigenvalue weighted by atomic mass is 32.2. The van der Waals surface area contributed by atoms with Gasteiger partial charge in [0.05, 0.1) is 23.7 Å². The lowest BCUT2D eigenvalue weighted by atomic mass is 9.89. The first-order chi connectivity index (χ1) is 8.39. The fourth-order valence-electron chi connectivity index (χ4n) is 3.30. The van der Waals surface area contributed by atoms with Gasteiger partial charge >= 0.3 is 0 Å². The first kappa shape index (κ1) is 14.3. The zero-order valence-corrected chi connectivity index (χ0v) is 12.2. The van der Waals surface area contributed by atoms with Crippen molar-refractivity contribution in [1.82, 2.24) is 4.90 Å². The van der Waals surface area contributed by atoms with Gasteiger partial charge in [0.2, 0.25) is 0 Å². The summed E-state index contributed by atoms with van der Waals surface area (Å²) < 4.78 is 23.1. The van der Waals surface area contributed by atoms with E-state index in [4.69, 9.17) is 0 Å². The highest BCUT2D eigenvalue weighted by molar-refractivity contribution is 7.91. The number of rotatable bonds is 2. The second-order valence-corrected chi connectivity index (χ2v) is 8.34. The van der Waals surface area contributed by atoms with Crippen LogP contribution >= 0.6 is 0 Å². The molecular weight excluding hydrogens is 250 g/mol. The number of likely N-dealkylation sites (tertiary alicyclic amines) is 1. The van der Waals surface area contributed by atoms with E-state index in [2.05, 4.69) is 18.7 Å². The zero-order valence-electron chi connectivity index (χ0n) is 11.4. The normalized spacial score (nSPS) is 37.9. The Hall–Kier alpha value is -0.130. The number of aliphatic hydroxyl groups is 1. The van der Waals surface area contributed by atoms with Crippen molar-refractivity contribution in [2.75, 3.05) is 24.6 Å². The molecular formula is C13H25NO3S. The molecule has 1 N–H and O–H groups in total. The molecule has 2 aliphatic heterocycles. The van der Waals surface area contributed by atoms with Gasteiger partial charge in [-0.05, 0) is 44.2 Å². The predicted octanol–water partition coefficient (Wildman–Crippen LogP) is 0.902. The lowest BCUT2D eigenvalue weighted by molar-refractivity contribution is 0.0842. The van der Waals surface area contributed by atoms with Crippen LogP contribution in [0.3, 0.4) is 0 Å². The van der Waals surface area contributed by atoms with Gasteiger partial charge in [-0.2, -0.15) is 0 Å². The summed E-state index contributed by atoms with van der Waals surface area (Å²) in [4.78, 5) is 2.21. The first-order valence-corrected chi connectivity index (χ1v) is 8.84. The van der Waals surface area contributed by atoms with Gasteiger partial charge in [0.1, 0.15) is 0 Å². The smallest absolute Gasteiger partial charge is 0.154 e. The Morgan fingerprint density at radius 2 is 1.89 bits per heavy atom. The van der Waals surface area contributed by atoms with Crippen molar-refractivity contribution in [3.05, 3.63) is 0 Å². The third-order valence-electron chi connectivity index (χ3n) is 4.51. The fourth-order valence-corrected chi connectivity index (χ4v) is 5.13. The first-order valence-electron chi connectivity index (χ1n) is 7.01. The van der Waals surface area contributed by atoms with Crippen molar-refractivity contribution in [2.24, 2.45) is 11.8 Å². The molecule has 0 bridgehead atoms. The van der Waals surface area contributed by atoms with Crippen LogP contribution in [0.1, 0.15) is 33.1 Å². The van der Waals surface area contributed by atoms with Crippen molar-refractivity contribution >= 4 is 9.84 Å². The summed E-state index contributed by atoms with van der Waals surface area (Å²) in [6.45, 7) is 6.38.